The van der Waals surface area contributed by atoms with Gasteiger partial charge in [-0.1, -0.05) is 181 Å². The monoisotopic (exact) mass is 801 g/mol. The Morgan fingerprint density at radius 3 is 1.33 bits per heavy atom. The van der Waals surface area contributed by atoms with Gasteiger partial charge in [-0.3, -0.25) is 14.4 Å². The second kappa shape index (κ2) is 45.5. The highest BCUT2D eigenvalue weighted by Gasteiger charge is 2.19. The van der Waals surface area contributed by atoms with Crippen LogP contribution in [0.2, 0.25) is 0 Å². The highest BCUT2D eigenvalue weighted by molar-refractivity contribution is 5.72. The molecule has 58 heavy (non-hydrogen) atoms. The van der Waals surface area contributed by atoms with Crippen molar-refractivity contribution in [2.24, 2.45) is 0 Å². The van der Waals surface area contributed by atoms with Gasteiger partial charge in [0.25, 0.3) is 0 Å². The maximum atomic E-state index is 12.7. The van der Waals surface area contributed by atoms with Crippen molar-refractivity contribution < 1.29 is 28.6 Å². The van der Waals surface area contributed by atoms with E-state index >= 15 is 0 Å². The largest absolute Gasteiger partial charge is 0.462 e. The Bertz CT molecular complexity index is 1290. The lowest BCUT2D eigenvalue weighted by molar-refractivity contribution is -0.166. The van der Waals surface area contributed by atoms with E-state index in [0.29, 0.717) is 6.42 Å². The summed E-state index contributed by atoms with van der Waals surface area (Å²) in [5, 5.41) is 0. The van der Waals surface area contributed by atoms with Gasteiger partial charge in [-0.05, 0) is 89.9 Å². The van der Waals surface area contributed by atoms with Crippen molar-refractivity contribution in [1.29, 1.82) is 0 Å². The molecule has 0 saturated heterocycles. The van der Waals surface area contributed by atoms with E-state index in [1.54, 1.807) is 6.08 Å². The molecule has 0 amide bonds. The average Bonchev–Trinajstić information content (AvgIpc) is 3.22. The highest BCUT2D eigenvalue weighted by atomic mass is 16.6. The molecule has 0 rings (SSSR count). The topological polar surface area (TPSA) is 78.9 Å². The van der Waals surface area contributed by atoms with E-state index in [2.05, 4.69) is 130 Å². The Morgan fingerprint density at radius 2 is 0.776 bits per heavy atom. The molecule has 0 radical (unpaired) electrons. The standard InChI is InChI=1S/C52H80O6/c1-4-7-10-13-16-19-21-23-25-27-28-30-33-36-39-42-45-51(54)57-48-49(47-56-50(53)44-41-38-35-32-18-15-12-9-6-3)58-52(55)46-43-40-37-34-31-29-26-24-22-20-17-14-11-8-5-2/h7-12,14,16-20,22-23,25,28,30,32,38,41,49H,4-6,13,15,21,24,26-27,29,31,33-37,39-40,42-48H2,1-3H3/b10-7-,11-8-,12-9-,17-14-,19-16-,22-20-,25-23-,30-28-,32-18-,41-38-. The summed E-state index contributed by atoms with van der Waals surface area (Å²) in [5.41, 5.74) is 0. The lowest BCUT2D eigenvalue weighted by Gasteiger charge is -2.18. The maximum absolute atomic E-state index is 12.7. The number of allylic oxidation sites excluding steroid dienone is 19. The van der Waals surface area contributed by atoms with Crippen molar-refractivity contribution in [1.82, 2.24) is 0 Å². The lowest BCUT2D eigenvalue weighted by atomic mass is 10.1. The molecule has 0 spiro atoms. The Labute approximate surface area is 354 Å². The number of esters is 3. The van der Waals surface area contributed by atoms with Crippen LogP contribution in [0.25, 0.3) is 0 Å². The molecule has 0 N–H and O–H groups in total. The summed E-state index contributed by atoms with van der Waals surface area (Å²) in [6.45, 7) is 6.10. The summed E-state index contributed by atoms with van der Waals surface area (Å²) in [6.07, 6.45) is 62.1. The minimum atomic E-state index is -0.834. The molecule has 0 bridgehead atoms. The smallest absolute Gasteiger partial charge is 0.309 e. The minimum Gasteiger partial charge on any atom is -0.462 e. The first kappa shape index (κ1) is 53.8. The van der Waals surface area contributed by atoms with Crippen molar-refractivity contribution >= 4 is 17.9 Å². The molecule has 0 aromatic carbocycles. The van der Waals surface area contributed by atoms with Gasteiger partial charge in [-0.15, -0.1) is 0 Å². The quantitative estimate of drug-likeness (QED) is 0.0203. The summed E-state index contributed by atoms with van der Waals surface area (Å²) in [7, 11) is 0. The second-order valence-corrected chi connectivity index (χ2v) is 14.2. The van der Waals surface area contributed by atoms with Crippen LogP contribution < -0.4 is 0 Å². The number of carbonyl (C=O) groups excluding carboxylic acids is 3. The summed E-state index contributed by atoms with van der Waals surface area (Å²) >= 11 is 0. The van der Waals surface area contributed by atoms with E-state index < -0.39 is 12.1 Å². The van der Waals surface area contributed by atoms with Crippen molar-refractivity contribution in [2.75, 3.05) is 13.2 Å². The molecule has 324 valence electrons. The number of ether oxygens (including phenoxy) is 3. The molecule has 0 aromatic rings. The van der Waals surface area contributed by atoms with E-state index in [4.69, 9.17) is 14.2 Å². The van der Waals surface area contributed by atoms with Gasteiger partial charge in [0.15, 0.2) is 6.10 Å². The number of hydrogen-bond donors (Lipinski definition) is 0. The fraction of sp³-hybridized carbons (Fsp3) is 0.558. The Kier molecular flexibility index (Phi) is 42.2. The second-order valence-electron chi connectivity index (χ2n) is 14.2. The molecule has 0 aromatic heterocycles. The van der Waals surface area contributed by atoms with Crippen LogP contribution in [0.15, 0.2) is 122 Å². The molecule has 0 fully saturated rings. The lowest BCUT2D eigenvalue weighted by Crippen LogP contribution is -2.30. The SMILES string of the molecule is CC\C=C/C=C\C=C/CCCCCCCCCC(=O)OC(COC(=O)C/C=C\C/C=C\C/C=C\CC)COC(=O)CCCCC/C=C\C/C=C\C/C=C\C/C=C\CC. The molecule has 6 nitrogen and oxygen atoms in total. The third-order valence-electron chi connectivity index (χ3n) is 8.79. The first-order valence-corrected chi connectivity index (χ1v) is 22.6. The van der Waals surface area contributed by atoms with Gasteiger partial charge in [0.2, 0.25) is 0 Å². The predicted octanol–water partition coefficient (Wildman–Crippen LogP) is 14.6. The van der Waals surface area contributed by atoms with Crippen LogP contribution in [0.3, 0.4) is 0 Å². The third-order valence-corrected chi connectivity index (χ3v) is 8.79. The van der Waals surface area contributed by atoms with Gasteiger partial charge >= 0.3 is 17.9 Å². The van der Waals surface area contributed by atoms with Crippen LogP contribution in [0.1, 0.15) is 168 Å². The number of hydrogen-bond acceptors (Lipinski definition) is 6. The molecule has 0 aliphatic rings. The first-order chi connectivity index (χ1) is 28.5. The van der Waals surface area contributed by atoms with Crippen LogP contribution in [-0.4, -0.2) is 37.2 Å². The zero-order valence-corrected chi connectivity index (χ0v) is 36.8. The van der Waals surface area contributed by atoms with E-state index in [1.165, 1.54) is 19.3 Å². The molecular weight excluding hydrogens is 721 g/mol. The molecule has 0 aliphatic heterocycles. The van der Waals surface area contributed by atoms with Crippen molar-refractivity contribution in [3.05, 3.63) is 122 Å². The van der Waals surface area contributed by atoms with E-state index in [1.807, 2.05) is 6.08 Å². The van der Waals surface area contributed by atoms with E-state index in [0.717, 1.165) is 109 Å². The van der Waals surface area contributed by atoms with Gasteiger partial charge < -0.3 is 14.2 Å². The number of carbonyl (C=O) groups is 3. The summed E-state index contributed by atoms with van der Waals surface area (Å²) < 4.78 is 16.5. The van der Waals surface area contributed by atoms with Crippen molar-refractivity contribution in [2.45, 2.75) is 175 Å². The summed E-state index contributed by atoms with van der Waals surface area (Å²) in [5.74, 6) is -1.11. The zero-order chi connectivity index (χ0) is 42.3. The van der Waals surface area contributed by atoms with Gasteiger partial charge in [0.1, 0.15) is 13.2 Å². The van der Waals surface area contributed by atoms with Gasteiger partial charge in [0, 0.05) is 12.8 Å². The molecular formula is C52H80O6. The van der Waals surface area contributed by atoms with Gasteiger partial charge in [0.05, 0.1) is 6.42 Å². The fourth-order valence-corrected chi connectivity index (χ4v) is 5.49. The zero-order valence-electron chi connectivity index (χ0n) is 36.8. The first-order valence-electron chi connectivity index (χ1n) is 22.6. The molecule has 0 saturated carbocycles. The Balaban J connectivity index is 4.52. The highest BCUT2D eigenvalue weighted by Crippen LogP contribution is 2.12. The van der Waals surface area contributed by atoms with Crippen molar-refractivity contribution in [3.63, 3.8) is 0 Å². The maximum Gasteiger partial charge on any atom is 0.309 e. The normalized spacial score (nSPS) is 13.2. The van der Waals surface area contributed by atoms with Crippen LogP contribution in [-0.2, 0) is 28.6 Å². The average molecular weight is 801 g/mol. The van der Waals surface area contributed by atoms with Crippen LogP contribution in [0, 0.1) is 0 Å². The van der Waals surface area contributed by atoms with Crippen molar-refractivity contribution in [3.8, 4) is 0 Å². The van der Waals surface area contributed by atoms with Crippen LogP contribution >= 0.6 is 0 Å². The summed E-state index contributed by atoms with van der Waals surface area (Å²) in [6, 6.07) is 0. The Hall–Kier alpha value is -4.19. The summed E-state index contributed by atoms with van der Waals surface area (Å²) in [4.78, 5) is 37.7. The molecule has 1 unspecified atom stereocenters. The number of unbranched alkanes of at least 4 members (excludes halogenated alkanes) is 10. The van der Waals surface area contributed by atoms with E-state index in [-0.39, 0.29) is 38.0 Å². The molecule has 6 heteroatoms. The molecule has 0 heterocycles. The van der Waals surface area contributed by atoms with Crippen LogP contribution in [0.5, 0.6) is 0 Å². The van der Waals surface area contributed by atoms with Crippen LogP contribution in [0.4, 0.5) is 0 Å². The van der Waals surface area contributed by atoms with E-state index in [9.17, 15) is 14.4 Å². The third kappa shape index (κ3) is 42.9. The number of rotatable bonds is 38. The van der Waals surface area contributed by atoms with Gasteiger partial charge in [-0.2, -0.15) is 0 Å². The predicted molar refractivity (Wildman–Crippen MR) is 246 cm³/mol. The Morgan fingerprint density at radius 1 is 0.379 bits per heavy atom. The minimum absolute atomic E-state index is 0.121. The fourth-order valence-electron chi connectivity index (χ4n) is 5.49. The molecule has 1 atom stereocenters. The van der Waals surface area contributed by atoms with Gasteiger partial charge in [-0.25, -0.2) is 0 Å². The molecule has 0 aliphatic carbocycles.